The van der Waals surface area contributed by atoms with Crippen molar-refractivity contribution in [2.45, 2.75) is 51.1 Å². The Morgan fingerprint density at radius 3 is 2.56 bits per heavy atom. The zero-order valence-electron chi connectivity index (χ0n) is 21.0. The average Bonchev–Trinajstić information content (AvgIpc) is 3.46. The molecular weight excluding hydrogens is 520 g/mol. The fourth-order valence-corrected chi connectivity index (χ4v) is 5.12. The van der Waals surface area contributed by atoms with Crippen molar-refractivity contribution in [1.82, 2.24) is 19.3 Å². The minimum absolute atomic E-state index is 0.0729. The van der Waals surface area contributed by atoms with E-state index < -0.39 is 35.7 Å². The van der Waals surface area contributed by atoms with Crippen LogP contribution in [0.2, 0.25) is 0 Å². The van der Waals surface area contributed by atoms with E-state index in [0.717, 1.165) is 24.6 Å². The lowest BCUT2D eigenvalue weighted by atomic mass is 9.78. The van der Waals surface area contributed by atoms with Crippen LogP contribution in [0.25, 0.3) is 11.0 Å². The van der Waals surface area contributed by atoms with Crippen LogP contribution < -0.4 is 9.47 Å². The van der Waals surface area contributed by atoms with Crippen LogP contribution in [0.4, 0.5) is 17.6 Å². The molecule has 0 aliphatic heterocycles. The van der Waals surface area contributed by atoms with Gasteiger partial charge < -0.3 is 19.1 Å². The third kappa shape index (κ3) is 5.99. The van der Waals surface area contributed by atoms with E-state index in [1.165, 1.54) is 6.07 Å². The van der Waals surface area contributed by atoms with Crippen LogP contribution >= 0.6 is 0 Å². The van der Waals surface area contributed by atoms with Gasteiger partial charge in [0.15, 0.2) is 0 Å². The number of carboxylic acids is 1. The topological polar surface area (TPSA) is 91.4 Å². The normalized spacial score (nSPS) is 17.9. The second-order valence-corrected chi connectivity index (χ2v) is 9.61. The summed E-state index contributed by atoms with van der Waals surface area (Å²) in [5.41, 5.74) is 1.99. The van der Waals surface area contributed by atoms with Crippen LogP contribution in [0.1, 0.15) is 48.7 Å². The second-order valence-electron chi connectivity index (χ2n) is 9.61. The van der Waals surface area contributed by atoms with Crippen LogP contribution in [0.15, 0.2) is 48.7 Å². The molecule has 1 N–H and O–H groups in total. The first-order valence-corrected chi connectivity index (χ1v) is 12.5. The monoisotopic (exact) mass is 546 g/mol. The van der Waals surface area contributed by atoms with Crippen LogP contribution in [0, 0.1) is 11.7 Å². The minimum Gasteiger partial charge on any atom is -0.487 e. The Morgan fingerprint density at radius 2 is 1.87 bits per heavy atom. The van der Waals surface area contributed by atoms with Gasteiger partial charge in [-0.2, -0.15) is 5.10 Å². The molecule has 2 aromatic carbocycles. The van der Waals surface area contributed by atoms with E-state index in [-0.39, 0.29) is 18.7 Å². The zero-order chi connectivity index (χ0) is 27.7. The van der Waals surface area contributed by atoms with Gasteiger partial charge in [-0.05, 0) is 37.1 Å². The molecule has 0 spiro atoms. The Kier molecular flexibility index (Phi) is 7.19. The second kappa shape index (κ2) is 10.6. The van der Waals surface area contributed by atoms with Gasteiger partial charge in [-0.15, -0.1) is 13.2 Å². The highest BCUT2D eigenvalue weighted by molar-refractivity contribution is 5.79. The van der Waals surface area contributed by atoms with E-state index in [1.807, 2.05) is 6.07 Å². The molecule has 12 heteroatoms. The van der Waals surface area contributed by atoms with Crippen molar-refractivity contribution in [3.8, 4) is 11.5 Å². The van der Waals surface area contributed by atoms with Crippen molar-refractivity contribution in [3.05, 3.63) is 71.6 Å². The van der Waals surface area contributed by atoms with Gasteiger partial charge in [0, 0.05) is 36.9 Å². The molecule has 1 aliphatic rings. The Labute approximate surface area is 220 Å². The van der Waals surface area contributed by atoms with Crippen LogP contribution in [0.5, 0.6) is 11.5 Å². The first-order valence-electron chi connectivity index (χ1n) is 12.5. The molecule has 1 fully saturated rings. The molecule has 0 unspecified atom stereocenters. The number of nitrogens with zero attached hydrogens (tertiary/aromatic N) is 4. The maximum absolute atomic E-state index is 15.0. The predicted molar refractivity (Wildman–Crippen MR) is 132 cm³/mol. The van der Waals surface area contributed by atoms with Crippen LogP contribution in [-0.4, -0.2) is 36.8 Å². The average molecular weight is 547 g/mol. The number of hydrogen-bond acceptors (Lipinski definition) is 5. The summed E-state index contributed by atoms with van der Waals surface area (Å²) < 4.78 is 65.9. The lowest BCUT2D eigenvalue weighted by Crippen LogP contribution is -2.28. The number of aromatic nitrogens is 4. The minimum atomic E-state index is -4.94. The maximum Gasteiger partial charge on any atom is 0.573 e. The van der Waals surface area contributed by atoms with Gasteiger partial charge in [0.2, 0.25) is 0 Å². The van der Waals surface area contributed by atoms with Crippen molar-refractivity contribution >= 4 is 17.0 Å². The number of rotatable bonds is 8. The number of benzene rings is 2. The summed E-state index contributed by atoms with van der Waals surface area (Å²) in [4.78, 5) is 16.8. The van der Waals surface area contributed by atoms with E-state index in [9.17, 15) is 27.5 Å². The molecule has 0 saturated heterocycles. The van der Waals surface area contributed by atoms with Crippen molar-refractivity contribution in [1.29, 1.82) is 0 Å². The molecule has 8 nitrogen and oxygen atoms in total. The fourth-order valence-electron chi connectivity index (χ4n) is 5.12. The predicted octanol–water partition coefficient (Wildman–Crippen LogP) is 5.79. The Morgan fingerprint density at radius 1 is 1.10 bits per heavy atom. The summed E-state index contributed by atoms with van der Waals surface area (Å²) in [6.07, 6.45) is -0.432. The van der Waals surface area contributed by atoms with Gasteiger partial charge >= 0.3 is 12.3 Å². The van der Waals surface area contributed by atoms with E-state index in [1.54, 1.807) is 40.7 Å². The number of aryl methyl sites for hydroxylation is 1. The number of ether oxygens (including phenoxy) is 2. The number of hydrogen-bond donors (Lipinski definition) is 1. The lowest BCUT2D eigenvalue weighted by molar-refractivity contribution is -0.274. The number of fused-ring (bicyclic) bond motifs is 1. The number of halogens is 4. The summed E-state index contributed by atoms with van der Waals surface area (Å²) in [6, 6.07) is 10.0. The summed E-state index contributed by atoms with van der Waals surface area (Å²) >= 11 is 0. The van der Waals surface area contributed by atoms with E-state index in [2.05, 4.69) is 9.84 Å². The third-order valence-corrected chi connectivity index (χ3v) is 6.91. The van der Waals surface area contributed by atoms with Crippen molar-refractivity contribution < 1.29 is 36.9 Å². The molecule has 4 aromatic rings. The fraction of sp³-hybridized carbons (Fsp3) is 0.370. The largest absolute Gasteiger partial charge is 0.573 e. The molecule has 5 rings (SSSR count). The van der Waals surface area contributed by atoms with Gasteiger partial charge in [0.05, 0.1) is 29.2 Å². The number of carbonyl (C=O) groups is 1. The Balaban J connectivity index is 1.53. The van der Waals surface area contributed by atoms with Gasteiger partial charge in [0.25, 0.3) is 0 Å². The summed E-state index contributed by atoms with van der Waals surface area (Å²) in [5.74, 6) is -2.52. The first-order chi connectivity index (χ1) is 18.6. The number of aliphatic carboxylic acids is 1. The number of alkyl halides is 3. The van der Waals surface area contributed by atoms with E-state index in [4.69, 9.17) is 9.72 Å². The highest BCUT2D eigenvalue weighted by Crippen LogP contribution is 2.39. The first kappa shape index (κ1) is 26.5. The summed E-state index contributed by atoms with van der Waals surface area (Å²) in [5, 5.41) is 14.2. The van der Waals surface area contributed by atoms with Crippen molar-refractivity contribution in [2.75, 3.05) is 0 Å². The van der Waals surface area contributed by atoms with Gasteiger partial charge in [-0.1, -0.05) is 18.9 Å². The van der Waals surface area contributed by atoms with Crippen molar-refractivity contribution in [3.63, 3.8) is 0 Å². The molecule has 206 valence electrons. The smallest absolute Gasteiger partial charge is 0.487 e. The molecule has 0 radical (unpaired) electrons. The Hall–Kier alpha value is -4.09. The standard InChI is InChI=1S/C27H26F4N4O4/c1-34-11-10-17(33-34)15-38-18-8-9-23-24(13-18)35(25(32-23)20-4-2-3-5-21(20)26(36)37)14-16-6-7-19(12-22(16)28)39-27(29,30)31/h6-13,20-21H,2-5,14-15H2,1H3,(H,36,37)/t20-,21+/m1/s1. The highest BCUT2D eigenvalue weighted by Gasteiger charge is 2.36. The molecule has 0 bridgehead atoms. The molecular formula is C27H26F4N4O4. The molecule has 0 amide bonds. The molecule has 2 heterocycles. The lowest BCUT2D eigenvalue weighted by Gasteiger charge is -2.28. The van der Waals surface area contributed by atoms with Gasteiger partial charge in [0.1, 0.15) is 29.7 Å². The third-order valence-electron chi connectivity index (χ3n) is 6.91. The SMILES string of the molecule is Cn1ccc(COc2ccc3nc([C@@H]4CCCC[C@@H]4C(=O)O)n(Cc4ccc(OC(F)(F)F)cc4F)c3c2)n1. The molecule has 2 atom stereocenters. The molecule has 2 aromatic heterocycles. The number of imidazole rings is 1. The highest BCUT2D eigenvalue weighted by atomic mass is 19.4. The summed E-state index contributed by atoms with van der Waals surface area (Å²) in [6.45, 7) is 0.142. The van der Waals surface area contributed by atoms with Crippen LogP contribution in [0.3, 0.4) is 0 Å². The maximum atomic E-state index is 15.0. The molecule has 1 aliphatic carbocycles. The van der Waals surface area contributed by atoms with E-state index in [0.29, 0.717) is 41.5 Å². The molecule has 39 heavy (non-hydrogen) atoms. The van der Waals surface area contributed by atoms with Crippen molar-refractivity contribution in [2.24, 2.45) is 13.0 Å². The number of carboxylic acid groups (broad SMARTS) is 1. The van der Waals surface area contributed by atoms with Gasteiger partial charge in [-0.3, -0.25) is 9.48 Å². The summed E-state index contributed by atoms with van der Waals surface area (Å²) in [7, 11) is 1.80. The quantitative estimate of drug-likeness (QED) is 0.281. The van der Waals surface area contributed by atoms with Crippen LogP contribution in [-0.2, 0) is 25.0 Å². The van der Waals surface area contributed by atoms with Gasteiger partial charge in [-0.25, -0.2) is 9.37 Å². The zero-order valence-corrected chi connectivity index (χ0v) is 21.0. The molecule has 1 saturated carbocycles. The van der Waals surface area contributed by atoms with E-state index >= 15 is 0 Å². The Bertz CT molecular complexity index is 1500.